The summed E-state index contributed by atoms with van der Waals surface area (Å²) in [5.41, 5.74) is 0. The van der Waals surface area contributed by atoms with Gasteiger partial charge in [0, 0.05) is 0 Å². The molecule has 0 aromatic carbocycles. The molecule has 0 N–H and O–H groups in total. The molecule has 0 fully saturated rings. The Labute approximate surface area is 51.6 Å². The summed E-state index contributed by atoms with van der Waals surface area (Å²) in [6.45, 7) is 3.48. The number of rotatable bonds is 1. The molecule has 1 heterocycles. The fourth-order valence-electron chi connectivity index (χ4n) is 0.280. The van der Waals surface area contributed by atoms with E-state index in [0.29, 0.717) is 5.03 Å². The van der Waals surface area contributed by atoms with Crippen LogP contribution in [0.1, 0.15) is 0 Å². The second-order valence-electron chi connectivity index (χ2n) is 1.17. The van der Waals surface area contributed by atoms with Crippen LogP contribution in [-0.2, 0) is 0 Å². The smallest absolute Gasteiger partial charge is 0.144 e. The summed E-state index contributed by atoms with van der Waals surface area (Å²) in [7, 11) is 0. The van der Waals surface area contributed by atoms with Crippen molar-refractivity contribution >= 4 is 17.7 Å². The van der Waals surface area contributed by atoms with Crippen molar-refractivity contribution in [1.29, 1.82) is 0 Å². The van der Waals surface area contributed by atoms with E-state index in [0.717, 1.165) is 0 Å². The van der Waals surface area contributed by atoms with Gasteiger partial charge in [-0.1, -0.05) is 6.58 Å². The zero-order valence-electron chi connectivity index (χ0n) is 4.02. The van der Waals surface area contributed by atoms with Gasteiger partial charge in [0.15, 0.2) is 0 Å². The van der Waals surface area contributed by atoms with Crippen LogP contribution in [0.15, 0.2) is 12.9 Å². The minimum absolute atomic E-state index is 0.509. The SMILES string of the molecule is C=C(S)n1cnnn1. The van der Waals surface area contributed by atoms with Gasteiger partial charge in [-0.25, -0.2) is 0 Å². The molecule has 8 heavy (non-hydrogen) atoms. The zero-order chi connectivity index (χ0) is 5.98. The minimum Gasteiger partial charge on any atom is -0.195 e. The summed E-state index contributed by atoms with van der Waals surface area (Å²) in [4.78, 5) is 0. The van der Waals surface area contributed by atoms with E-state index in [1.165, 1.54) is 11.0 Å². The third-order valence-electron chi connectivity index (χ3n) is 0.613. The van der Waals surface area contributed by atoms with E-state index >= 15 is 0 Å². The zero-order valence-corrected chi connectivity index (χ0v) is 4.91. The average Bonchev–Trinajstić information content (AvgIpc) is 2.12. The highest BCUT2D eigenvalue weighted by atomic mass is 32.1. The summed E-state index contributed by atoms with van der Waals surface area (Å²) in [5, 5.41) is 10.7. The summed E-state index contributed by atoms with van der Waals surface area (Å²) in [5.74, 6) is 0. The lowest BCUT2D eigenvalue weighted by atomic mass is 11.0. The van der Waals surface area contributed by atoms with Gasteiger partial charge in [0.1, 0.15) is 6.33 Å². The fourth-order valence-corrected chi connectivity index (χ4v) is 0.371. The Morgan fingerprint density at radius 3 is 2.75 bits per heavy atom. The van der Waals surface area contributed by atoms with Crippen LogP contribution in [0.5, 0.6) is 0 Å². The van der Waals surface area contributed by atoms with E-state index < -0.39 is 0 Å². The van der Waals surface area contributed by atoms with Crippen LogP contribution >= 0.6 is 12.6 Å². The molecule has 1 aromatic heterocycles. The van der Waals surface area contributed by atoms with Gasteiger partial charge < -0.3 is 0 Å². The number of hydrogen-bond donors (Lipinski definition) is 1. The Balaban J connectivity index is 2.93. The summed E-state index contributed by atoms with van der Waals surface area (Å²) < 4.78 is 1.36. The normalized spacial score (nSPS) is 9.12. The lowest BCUT2D eigenvalue weighted by molar-refractivity contribution is 0.815. The molecule has 42 valence electrons. The molecule has 4 nitrogen and oxygen atoms in total. The molecule has 0 saturated carbocycles. The van der Waals surface area contributed by atoms with Gasteiger partial charge in [-0.3, -0.25) is 0 Å². The third kappa shape index (κ3) is 0.865. The van der Waals surface area contributed by atoms with Crippen molar-refractivity contribution in [1.82, 2.24) is 20.2 Å². The largest absolute Gasteiger partial charge is 0.195 e. The first-order valence-corrected chi connectivity index (χ1v) is 2.36. The van der Waals surface area contributed by atoms with E-state index in [1.54, 1.807) is 0 Å². The van der Waals surface area contributed by atoms with Crippen molar-refractivity contribution < 1.29 is 0 Å². The van der Waals surface area contributed by atoms with E-state index in [-0.39, 0.29) is 0 Å². The lowest BCUT2D eigenvalue weighted by Crippen LogP contribution is -1.89. The maximum atomic E-state index is 3.88. The van der Waals surface area contributed by atoms with Crippen LogP contribution in [0.25, 0.3) is 5.03 Å². The van der Waals surface area contributed by atoms with Crippen LogP contribution in [0, 0.1) is 0 Å². The van der Waals surface area contributed by atoms with Gasteiger partial charge in [-0.05, 0) is 10.4 Å². The third-order valence-corrected chi connectivity index (χ3v) is 0.818. The van der Waals surface area contributed by atoms with Crippen molar-refractivity contribution in [2.24, 2.45) is 0 Å². The predicted octanol–water partition coefficient (Wildman–Crippen LogP) is 0.0311. The van der Waals surface area contributed by atoms with Gasteiger partial charge in [-0.2, -0.15) is 4.68 Å². The Morgan fingerprint density at radius 1 is 1.75 bits per heavy atom. The highest BCUT2D eigenvalue weighted by molar-refractivity contribution is 7.90. The average molecular weight is 128 g/mol. The molecular formula is C3H4N4S. The minimum atomic E-state index is 0.509. The Kier molecular flexibility index (Phi) is 1.29. The lowest BCUT2D eigenvalue weighted by Gasteiger charge is -1.88. The van der Waals surface area contributed by atoms with Crippen molar-refractivity contribution in [3.63, 3.8) is 0 Å². The quantitative estimate of drug-likeness (QED) is 0.543. The van der Waals surface area contributed by atoms with Crippen molar-refractivity contribution in [3.8, 4) is 0 Å². The first kappa shape index (κ1) is 5.30. The van der Waals surface area contributed by atoms with Gasteiger partial charge in [0.05, 0.1) is 5.03 Å². The molecule has 0 aliphatic carbocycles. The van der Waals surface area contributed by atoms with Gasteiger partial charge in [-0.15, -0.1) is 17.7 Å². The Bertz CT molecular complexity index is 179. The van der Waals surface area contributed by atoms with Gasteiger partial charge >= 0.3 is 0 Å². The maximum absolute atomic E-state index is 3.88. The second kappa shape index (κ2) is 1.95. The Hall–Kier alpha value is -0.840. The summed E-state index contributed by atoms with van der Waals surface area (Å²) in [6, 6.07) is 0. The molecule has 0 spiro atoms. The second-order valence-corrected chi connectivity index (χ2v) is 1.69. The summed E-state index contributed by atoms with van der Waals surface area (Å²) >= 11 is 3.88. The molecule has 1 aromatic rings. The van der Waals surface area contributed by atoms with Crippen LogP contribution < -0.4 is 0 Å². The number of nitrogens with zero attached hydrogens (tertiary/aromatic N) is 4. The molecule has 0 unspecified atom stereocenters. The first-order chi connectivity index (χ1) is 3.80. The predicted molar refractivity (Wildman–Crippen MR) is 32.1 cm³/mol. The molecule has 0 saturated heterocycles. The maximum Gasteiger partial charge on any atom is 0.144 e. The molecular weight excluding hydrogens is 124 g/mol. The van der Waals surface area contributed by atoms with E-state index in [2.05, 4.69) is 34.7 Å². The van der Waals surface area contributed by atoms with Crippen molar-refractivity contribution in [2.45, 2.75) is 0 Å². The standard InChI is InChI=1S/C3H4N4S/c1-3(8)7-2-4-5-6-7/h2,8H,1H2. The fraction of sp³-hybridized carbons (Fsp3) is 0. The molecule has 0 aliphatic rings. The number of thiol groups is 1. The van der Waals surface area contributed by atoms with Crippen LogP contribution in [0.3, 0.4) is 0 Å². The van der Waals surface area contributed by atoms with Crippen LogP contribution in [-0.4, -0.2) is 20.2 Å². The highest BCUT2D eigenvalue weighted by Gasteiger charge is 1.88. The van der Waals surface area contributed by atoms with Gasteiger partial charge in [0.25, 0.3) is 0 Å². The number of aromatic nitrogens is 4. The molecule has 0 atom stereocenters. The molecule has 0 amide bonds. The number of tetrazole rings is 1. The number of hydrogen-bond acceptors (Lipinski definition) is 4. The molecule has 5 heteroatoms. The summed E-state index contributed by atoms with van der Waals surface area (Å²) in [6.07, 6.45) is 1.43. The van der Waals surface area contributed by atoms with Crippen molar-refractivity contribution in [2.75, 3.05) is 0 Å². The monoisotopic (exact) mass is 128 g/mol. The van der Waals surface area contributed by atoms with Crippen LogP contribution in [0.2, 0.25) is 0 Å². The molecule has 0 aliphatic heterocycles. The first-order valence-electron chi connectivity index (χ1n) is 1.92. The van der Waals surface area contributed by atoms with E-state index in [1.807, 2.05) is 0 Å². The van der Waals surface area contributed by atoms with E-state index in [4.69, 9.17) is 0 Å². The van der Waals surface area contributed by atoms with Gasteiger partial charge in [0.2, 0.25) is 0 Å². The highest BCUT2D eigenvalue weighted by Crippen LogP contribution is 1.98. The Morgan fingerprint density at radius 2 is 2.50 bits per heavy atom. The molecule has 0 bridgehead atoms. The molecule has 0 radical (unpaired) electrons. The topological polar surface area (TPSA) is 43.6 Å². The molecule has 1 rings (SSSR count). The van der Waals surface area contributed by atoms with Crippen molar-refractivity contribution in [3.05, 3.63) is 12.9 Å². The van der Waals surface area contributed by atoms with E-state index in [9.17, 15) is 0 Å². The van der Waals surface area contributed by atoms with Crippen LogP contribution in [0.4, 0.5) is 0 Å².